The Kier molecular flexibility index (Phi) is 3.35. The molecule has 2 saturated carbocycles. The summed E-state index contributed by atoms with van der Waals surface area (Å²) < 4.78 is 0. The minimum atomic E-state index is 0.223. The third kappa shape index (κ3) is 2.03. The average Bonchev–Trinajstić information content (AvgIpc) is 2.77. The Morgan fingerprint density at radius 3 is 2.70 bits per heavy atom. The Hall–Kier alpha value is -1.05. The number of hydrogen-bond donors (Lipinski definition) is 0. The lowest BCUT2D eigenvalue weighted by atomic mass is 9.48. The van der Waals surface area contributed by atoms with Gasteiger partial charge in [-0.25, -0.2) is 0 Å². The first-order chi connectivity index (χ1) is 10.9. The molecular formula is C21H31NO. The molecule has 0 N–H and O–H groups in total. The highest BCUT2D eigenvalue weighted by Crippen LogP contribution is 2.64. The Balaban J connectivity index is 1.69. The lowest BCUT2D eigenvalue weighted by molar-refractivity contribution is -0.124. The number of nitrogens with zero attached hydrogens (tertiary/aromatic N) is 1. The van der Waals surface area contributed by atoms with E-state index < -0.39 is 0 Å². The van der Waals surface area contributed by atoms with E-state index >= 15 is 0 Å². The van der Waals surface area contributed by atoms with Gasteiger partial charge in [-0.3, -0.25) is 4.79 Å². The monoisotopic (exact) mass is 313 g/mol. The number of carbonyl (C=O) groups excluding carboxylic acids is 1. The molecule has 0 spiro atoms. The van der Waals surface area contributed by atoms with Crippen molar-refractivity contribution >= 4 is 5.91 Å². The molecule has 3 aliphatic carbocycles. The number of fused-ring (bicyclic) bond motifs is 5. The molecule has 2 nitrogen and oxygen atoms in total. The van der Waals surface area contributed by atoms with E-state index in [9.17, 15) is 4.79 Å². The molecule has 0 saturated heterocycles. The predicted molar refractivity (Wildman–Crippen MR) is 93.9 cm³/mol. The van der Waals surface area contributed by atoms with Crippen molar-refractivity contribution in [2.45, 2.75) is 59.3 Å². The molecular weight excluding hydrogens is 282 g/mol. The maximum atomic E-state index is 12.3. The molecule has 4 rings (SSSR count). The van der Waals surface area contributed by atoms with E-state index in [4.69, 9.17) is 0 Å². The third-order valence-electron chi connectivity index (χ3n) is 8.34. The molecule has 0 radical (unpaired) electrons. The van der Waals surface area contributed by atoms with E-state index in [2.05, 4.69) is 26.8 Å². The minimum absolute atomic E-state index is 0.223. The zero-order valence-corrected chi connectivity index (χ0v) is 15.2. The molecule has 0 aromatic heterocycles. The summed E-state index contributed by atoms with van der Waals surface area (Å²) in [5.41, 5.74) is 3.81. The van der Waals surface area contributed by atoms with Crippen molar-refractivity contribution in [3.8, 4) is 0 Å². The smallest absolute Gasteiger partial charge is 0.246 e. The summed E-state index contributed by atoms with van der Waals surface area (Å²) in [7, 11) is 1.96. The summed E-state index contributed by atoms with van der Waals surface area (Å²) in [6.45, 7) is 8.26. The van der Waals surface area contributed by atoms with Crippen molar-refractivity contribution in [3.05, 3.63) is 23.3 Å². The molecule has 0 aromatic carbocycles. The summed E-state index contributed by atoms with van der Waals surface area (Å²) in [5, 5.41) is 0. The SMILES string of the molecule is CC1=CCC2C3CCC4=CC(=O)N(C)CCC4(C)C3CCC12C. The molecule has 4 aliphatic rings. The van der Waals surface area contributed by atoms with Gasteiger partial charge >= 0.3 is 0 Å². The quantitative estimate of drug-likeness (QED) is 0.600. The molecule has 2 fully saturated rings. The van der Waals surface area contributed by atoms with Crippen LogP contribution in [0.15, 0.2) is 23.3 Å². The second kappa shape index (κ2) is 4.97. The predicted octanol–water partition coefficient (Wildman–Crippen LogP) is 4.57. The second-order valence-corrected chi connectivity index (χ2v) is 9.09. The first kappa shape index (κ1) is 15.5. The van der Waals surface area contributed by atoms with Crippen molar-refractivity contribution in [2.75, 3.05) is 13.6 Å². The Labute approximate surface area is 141 Å². The number of amides is 1. The average molecular weight is 313 g/mol. The van der Waals surface area contributed by atoms with Gasteiger partial charge in [0.1, 0.15) is 0 Å². The number of rotatable bonds is 0. The van der Waals surface area contributed by atoms with Crippen LogP contribution in [0.2, 0.25) is 0 Å². The molecule has 5 unspecified atom stereocenters. The molecule has 2 heteroatoms. The molecule has 0 aromatic rings. The summed E-state index contributed by atoms with van der Waals surface area (Å²) in [4.78, 5) is 14.2. The Bertz CT molecular complexity index is 603. The van der Waals surface area contributed by atoms with Crippen LogP contribution in [0.3, 0.4) is 0 Å². The van der Waals surface area contributed by atoms with Gasteiger partial charge in [-0.15, -0.1) is 0 Å². The van der Waals surface area contributed by atoms with E-state index in [-0.39, 0.29) is 11.3 Å². The summed E-state index contributed by atoms with van der Waals surface area (Å²) in [6, 6.07) is 0. The van der Waals surface area contributed by atoms with Gasteiger partial charge in [-0.1, -0.05) is 31.1 Å². The highest BCUT2D eigenvalue weighted by Gasteiger charge is 2.56. The van der Waals surface area contributed by atoms with E-state index in [0.717, 1.165) is 37.1 Å². The van der Waals surface area contributed by atoms with Gasteiger partial charge in [0.25, 0.3) is 0 Å². The summed E-state index contributed by atoms with van der Waals surface area (Å²) in [6.07, 6.45) is 12.1. The maximum absolute atomic E-state index is 12.3. The number of allylic oxidation sites excluding steroid dienone is 3. The minimum Gasteiger partial charge on any atom is -0.342 e. The highest BCUT2D eigenvalue weighted by molar-refractivity contribution is 5.88. The van der Waals surface area contributed by atoms with Crippen molar-refractivity contribution in [2.24, 2.45) is 28.6 Å². The van der Waals surface area contributed by atoms with E-state index in [1.54, 1.807) is 5.57 Å². The van der Waals surface area contributed by atoms with Crippen LogP contribution >= 0.6 is 0 Å². The third-order valence-corrected chi connectivity index (χ3v) is 8.34. The van der Waals surface area contributed by atoms with Crippen molar-refractivity contribution < 1.29 is 4.79 Å². The maximum Gasteiger partial charge on any atom is 0.246 e. The van der Waals surface area contributed by atoms with E-state index in [1.807, 2.05) is 18.0 Å². The van der Waals surface area contributed by atoms with Crippen LogP contribution in [0.4, 0.5) is 0 Å². The zero-order valence-electron chi connectivity index (χ0n) is 15.2. The normalized spacial score (nSPS) is 46.3. The van der Waals surface area contributed by atoms with Gasteiger partial charge in [0, 0.05) is 19.7 Å². The topological polar surface area (TPSA) is 20.3 Å². The largest absolute Gasteiger partial charge is 0.342 e. The fourth-order valence-corrected chi connectivity index (χ4v) is 6.46. The van der Waals surface area contributed by atoms with Crippen LogP contribution < -0.4 is 0 Å². The fourth-order valence-electron chi connectivity index (χ4n) is 6.46. The van der Waals surface area contributed by atoms with Crippen LogP contribution in [0.5, 0.6) is 0 Å². The van der Waals surface area contributed by atoms with Crippen LogP contribution in [0.25, 0.3) is 0 Å². The summed E-state index contributed by atoms with van der Waals surface area (Å²) in [5.74, 6) is 2.69. The van der Waals surface area contributed by atoms with Crippen LogP contribution in [-0.2, 0) is 4.79 Å². The molecule has 1 aliphatic heterocycles. The van der Waals surface area contributed by atoms with E-state index in [0.29, 0.717) is 5.41 Å². The van der Waals surface area contributed by atoms with Crippen LogP contribution in [0, 0.1) is 28.6 Å². The highest BCUT2D eigenvalue weighted by atomic mass is 16.2. The van der Waals surface area contributed by atoms with Crippen molar-refractivity contribution in [1.29, 1.82) is 0 Å². The standard InChI is InChI=1S/C21H31NO/c1-14-5-8-17-16-7-6-15-13-19(23)22(4)12-11-21(15,3)18(16)9-10-20(14,17)2/h5,13,16-18H,6-12H2,1-4H3. The molecule has 23 heavy (non-hydrogen) atoms. The molecule has 1 heterocycles. The van der Waals surface area contributed by atoms with Gasteiger partial charge in [-0.05, 0) is 74.0 Å². The lowest BCUT2D eigenvalue weighted by Crippen LogP contribution is -2.49. The van der Waals surface area contributed by atoms with Gasteiger partial charge in [0.05, 0.1) is 0 Å². The van der Waals surface area contributed by atoms with Gasteiger partial charge in [0.2, 0.25) is 5.91 Å². The first-order valence-corrected chi connectivity index (χ1v) is 9.49. The first-order valence-electron chi connectivity index (χ1n) is 9.49. The summed E-state index contributed by atoms with van der Waals surface area (Å²) >= 11 is 0. The van der Waals surface area contributed by atoms with Gasteiger partial charge < -0.3 is 4.90 Å². The zero-order chi connectivity index (χ0) is 16.4. The number of carbonyl (C=O) groups is 1. The Morgan fingerprint density at radius 1 is 1.13 bits per heavy atom. The molecule has 1 amide bonds. The lowest BCUT2D eigenvalue weighted by Gasteiger charge is -2.57. The van der Waals surface area contributed by atoms with Crippen molar-refractivity contribution in [3.63, 3.8) is 0 Å². The van der Waals surface area contributed by atoms with Gasteiger partial charge in [0.15, 0.2) is 0 Å². The Morgan fingerprint density at radius 2 is 1.91 bits per heavy atom. The second-order valence-electron chi connectivity index (χ2n) is 9.09. The van der Waals surface area contributed by atoms with Crippen LogP contribution in [-0.4, -0.2) is 24.4 Å². The van der Waals surface area contributed by atoms with Gasteiger partial charge in [-0.2, -0.15) is 0 Å². The number of likely N-dealkylation sites (N-methyl/N-ethyl adjacent to an activating group) is 1. The number of hydrogen-bond acceptors (Lipinski definition) is 1. The molecule has 126 valence electrons. The van der Waals surface area contributed by atoms with Crippen LogP contribution in [0.1, 0.15) is 59.3 Å². The van der Waals surface area contributed by atoms with E-state index in [1.165, 1.54) is 31.3 Å². The van der Waals surface area contributed by atoms with Crippen molar-refractivity contribution in [1.82, 2.24) is 4.90 Å². The fraction of sp³-hybridized carbons (Fsp3) is 0.762. The molecule has 5 atom stereocenters. The molecule has 0 bridgehead atoms.